The molecule has 1 aromatic heterocycles. The van der Waals surface area contributed by atoms with E-state index in [2.05, 4.69) is 57.4 Å². The van der Waals surface area contributed by atoms with Crippen LogP contribution in [-0.4, -0.2) is 15.7 Å². The van der Waals surface area contributed by atoms with Gasteiger partial charge in [-0.2, -0.15) is 8.78 Å². The highest BCUT2D eigenvalue weighted by Gasteiger charge is 2.34. The monoisotopic (exact) mass is 491 g/mol. The van der Waals surface area contributed by atoms with Crippen LogP contribution >= 0.6 is 15.9 Å². The SMILES string of the molecule is C[C@H]1C[C@@H](n2c(Nc3ccc(OC(C)(F)F)cc3)nc3cc(Br)ccc32)CC(C)(C)C1. The second-order valence-corrected chi connectivity index (χ2v) is 10.5. The first-order valence-electron chi connectivity index (χ1n) is 10.6. The predicted octanol–water partition coefficient (Wildman–Crippen LogP) is 7.92. The number of hydrogen-bond acceptors (Lipinski definition) is 3. The van der Waals surface area contributed by atoms with Gasteiger partial charge in [-0.1, -0.05) is 36.7 Å². The molecular weight excluding hydrogens is 464 g/mol. The molecule has 3 aromatic rings. The standard InChI is InChI=1S/C24H28BrF2N3O/c1-15-11-18(14-23(2,3)13-15)30-21-10-5-16(25)12-20(21)29-22(30)28-17-6-8-19(9-7-17)31-24(4,26)27/h5-10,12,15,18H,11,13-14H2,1-4H3,(H,28,29)/t15-,18+/m0/s1. The number of rotatable bonds is 5. The summed E-state index contributed by atoms with van der Waals surface area (Å²) in [5.74, 6) is 1.51. The van der Waals surface area contributed by atoms with Crippen LogP contribution < -0.4 is 10.1 Å². The average Bonchev–Trinajstić information content (AvgIpc) is 2.97. The molecule has 166 valence electrons. The van der Waals surface area contributed by atoms with Gasteiger partial charge < -0.3 is 14.6 Å². The molecule has 2 atom stereocenters. The molecule has 4 nitrogen and oxygen atoms in total. The van der Waals surface area contributed by atoms with Crippen LogP contribution in [0.1, 0.15) is 53.0 Å². The van der Waals surface area contributed by atoms with E-state index in [1.807, 2.05) is 12.1 Å². The molecule has 1 fully saturated rings. The Balaban J connectivity index is 1.70. The number of alkyl halides is 2. The van der Waals surface area contributed by atoms with Crippen LogP contribution in [0.2, 0.25) is 0 Å². The zero-order chi connectivity index (χ0) is 22.4. The Kier molecular flexibility index (Phi) is 5.75. The lowest BCUT2D eigenvalue weighted by atomic mass is 9.70. The summed E-state index contributed by atoms with van der Waals surface area (Å²) in [5, 5.41) is 3.40. The van der Waals surface area contributed by atoms with E-state index in [1.54, 1.807) is 12.1 Å². The van der Waals surface area contributed by atoms with Gasteiger partial charge >= 0.3 is 6.11 Å². The van der Waals surface area contributed by atoms with Gasteiger partial charge in [0.2, 0.25) is 5.95 Å². The summed E-state index contributed by atoms with van der Waals surface area (Å²) in [5.41, 5.74) is 3.03. The van der Waals surface area contributed by atoms with Crippen LogP contribution in [0, 0.1) is 11.3 Å². The normalized spacial score (nSPS) is 21.3. The first-order valence-corrected chi connectivity index (χ1v) is 11.4. The topological polar surface area (TPSA) is 39.1 Å². The molecule has 0 amide bonds. The third-order valence-electron chi connectivity index (χ3n) is 5.79. The minimum absolute atomic E-state index is 0.123. The van der Waals surface area contributed by atoms with Gasteiger partial charge in [-0.3, -0.25) is 0 Å². The fraction of sp³-hybridized carbons (Fsp3) is 0.458. The van der Waals surface area contributed by atoms with Crippen molar-refractivity contribution in [3.05, 3.63) is 46.9 Å². The third kappa shape index (κ3) is 5.20. The number of nitrogens with zero attached hydrogens (tertiary/aromatic N) is 2. The first-order chi connectivity index (χ1) is 14.5. The molecule has 0 aliphatic heterocycles. The number of nitrogens with one attached hydrogen (secondary N) is 1. The van der Waals surface area contributed by atoms with Crippen molar-refractivity contribution in [2.24, 2.45) is 11.3 Å². The summed E-state index contributed by atoms with van der Waals surface area (Å²) in [4.78, 5) is 4.87. The number of hydrogen-bond donors (Lipinski definition) is 1. The number of anilines is 2. The largest absolute Gasteiger partial charge is 0.433 e. The van der Waals surface area contributed by atoms with Gasteiger partial charge in [-0.05, 0) is 73.1 Å². The van der Waals surface area contributed by atoms with E-state index >= 15 is 0 Å². The maximum atomic E-state index is 13.1. The van der Waals surface area contributed by atoms with E-state index < -0.39 is 6.11 Å². The molecule has 0 bridgehead atoms. The van der Waals surface area contributed by atoms with Gasteiger partial charge in [-0.25, -0.2) is 4.98 Å². The highest BCUT2D eigenvalue weighted by molar-refractivity contribution is 9.10. The van der Waals surface area contributed by atoms with Gasteiger partial charge in [0.15, 0.2) is 0 Å². The van der Waals surface area contributed by atoms with E-state index in [1.165, 1.54) is 18.6 Å². The Bertz CT molecular complexity index is 1070. The molecule has 0 unspecified atom stereocenters. The van der Waals surface area contributed by atoms with Crippen molar-refractivity contribution in [2.75, 3.05) is 5.32 Å². The van der Waals surface area contributed by atoms with E-state index in [4.69, 9.17) is 4.98 Å². The van der Waals surface area contributed by atoms with Gasteiger partial charge in [0.25, 0.3) is 0 Å². The average molecular weight is 492 g/mol. The number of halogens is 3. The molecule has 31 heavy (non-hydrogen) atoms. The van der Waals surface area contributed by atoms with Crippen molar-refractivity contribution >= 4 is 38.6 Å². The third-order valence-corrected chi connectivity index (χ3v) is 6.28. The van der Waals surface area contributed by atoms with Crippen molar-refractivity contribution in [1.29, 1.82) is 0 Å². The lowest BCUT2D eigenvalue weighted by Crippen LogP contribution is -2.29. The van der Waals surface area contributed by atoms with Crippen molar-refractivity contribution in [3.8, 4) is 5.75 Å². The van der Waals surface area contributed by atoms with Crippen molar-refractivity contribution < 1.29 is 13.5 Å². The number of imidazole rings is 1. The Morgan fingerprint density at radius 1 is 1.16 bits per heavy atom. The Hall–Kier alpha value is -2.15. The number of aromatic nitrogens is 2. The fourth-order valence-electron chi connectivity index (χ4n) is 4.96. The Morgan fingerprint density at radius 2 is 1.87 bits per heavy atom. The molecule has 0 radical (unpaired) electrons. The first kappa shape index (κ1) is 22.1. The smallest absolute Gasteiger partial charge is 0.394 e. The van der Waals surface area contributed by atoms with Crippen molar-refractivity contribution in [2.45, 2.75) is 59.1 Å². The quantitative estimate of drug-likeness (QED) is 0.393. The van der Waals surface area contributed by atoms with Gasteiger partial charge in [0.05, 0.1) is 11.0 Å². The fourth-order valence-corrected chi connectivity index (χ4v) is 5.31. The molecule has 2 aromatic carbocycles. The minimum atomic E-state index is -3.21. The highest BCUT2D eigenvalue weighted by Crippen LogP contribution is 2.46. The van der Waals surface area contributed by atoms with Crippen LogP contribution in [0.25, 0.3) is 11.0 Å². The van der Waals surface area contributed by atoms with Gasteiger partial charge in [-0.15, -0.1) is 0 Å². The lowest BCUT2D eigenvalue weighted by molar-refractivity contribution is -0.158. The van der Waals surface area contributed by atoms with Crippen LogP contribution in [0.3, 0.4) is 0 Å². The molecule has 0 saturated heterocycles. The summed E-state index contributed by atoms with van der Waals surface area (Å²) in [6.45, 7) is 7.71. The zero-order valence-electron chi connectivity index (χ0n) is 18.3. The number of fused-ring (bicyclic) bond motifs is 1. The van der Waals surface area contributed by atoms with E-state index in [0.717, 1.165) is 46.9 Å². The van der Waals surface area contributed by atoms with Gasteiger partial charge in [0, 0.05) is 23.1 Å². The summed E-state index contributed by atoms with van der Waals surface area (Å²) >= 11 is 3.54. The summed E-state index contributed by atoms with van der Waals surface area (Å²) in [6, 6.07) is 13.0. The van der Waals surface area contributed by atoms with Gasteiger partial charge in [0.1, 0.15) is 5.75 Å². The summed E-state index contributed by atoms with van der Waals surface area (Å²) in [7, 11) is 0. The summed E-state index contributed by atoms with van der Waals surface area (Å²) in [6.07, 6.45) is 0.179. The maximum Gasteiger partial charge on any atom is 0.394 e. The molecule has 4 rings (SSSR count). The summed E-state index contributed by atoms with van der Waals surface area (Å²) < 4.78 is 34.1. The maximum absolute atomic E-state index is 13.1. The minimum Gasteiger partial charge on any atom is -0.433 e. The lowest BCUT2D eigenvalue weighted by Gasteiger charge is -2.40. The molecule has 1 aliphatic rings. The number of benzene rings is 2. The molecule has 1 aliphatic carbocycles. The number of ether oxygens (including phenoxy) is 1. The van der Waals surface area contributed by atoms with Crippen LogP contribution in [0.4, 0.5) is 20.4 Å². The van der Waals surface area contributed by atoms with Crippen LogP contribution in [0.5, 0.6) is 5.75 Å². The van der Waals surface area contributed by atoms with E-state index in [0.29, 0.717) is 12.0 Å². The molecule has 1 heterocycles. The zero-order valence-corrected chi connectivity index (χ0v) is 19.8. The second kappa shape index (κ2) is 8.08. The molecular formula is C24H28BrF2N3O. The predicted molar refractivity (Wildman–Crippen MR) is 124 cm³/mol. The molecule has 7 heteroatoms. The Labute approximate surface area is 190 Å². The Morgan fingerprint density at radius 3 is 2.52 bits per heavy atom. The molecule has 1 N–H and O–H groups in total. The van der Waals surface area contributed by atoms with Crippen molar-refractivity contribution in [1.82, 2.24) is 9.55 Å². The van der Waals surface area contributed by atoms with Crippen molar-refractivity contribution in [3.63, 3.8) is 0 Å². The van der Waals surface area contributed by atoms with E-state index in [-0.39, 0.29) is 11.2 Å². The van der Waals surface area contributed by atoms with E-state index in [9.17, 15) is 8.78 Å². The molecule has 0 spiro atoms. The van der Waals surface area contributed by atoms with Crippen LogP contribution in [-0.2, 0) is 0 Å². The second-order valence-electron chi connectivity index (χ2n) is 9.56. The van der Waals surface area contributed by atoms with Crippen LogP contribution in [0.15, 0.2) is 46.9 Å². The highest BCUT2D eigenvalue weighted by atomic mass is 79.9. The molecule has 1 saturated carbocycles.